The lowest BCUT2D eigenvalue weighted by molar-refractivity contribution is 0.0693. The summed E-state index contributed by atoms with van der Waals surface area (Å²) in [7, 11) is 1.41. The number of carbonyl (C=O) groups is 3. The highest BCUT2D eigenvalue weighted by molar-refractivity contribution is 6.25. The molecule has 150 valence electrons. The second-order valence-electron chi connectivity index (χ2n) is 6.92. The Labute approximate surface area is 173 Å². The van der Waals surface area contributed by atoms with Crippen LogP contribution in [0.4, 0.5) is 0 Å². The van der Waals surface area contributed by atoms with E-state index in [2.05, 4.69) is 0 Å². The Bertz CT molecular complexity index is 1180. The molecular formula is C24H19NO5. The molecule has 0 aliphatic carbocycles. The standard InChI is InChI=1S/C24H19NO5/c1-3-30-16-10-8-14(9-11-16)18-12-15(22(27)17-6-4-5-7-20(17)26)13-19-21(18)24(29)25(2)23(19)28/h4-13,26H,3H2,1-2H3. The van der Waals surface area contributed by atoms with Crippen LogP contribution in [0.2, 0.25) is 0 Å². The van der Waals surface area contributed by atoms with E-state index in [1.54, 1.807) is 42.5 Å². The summed E-state index contributed by atoms with van der Waals surface area (Å²) in [5.74, 6) is -0.781. The van der Waals surface area contributed by atoms with Crippen LogP contribution >= 0.6 is 0 Å². The molecule has 30 heavy (non-hydrogen) atoms. The number of ether oxygens (including phenoxy) is 1. The zero-order chi connectivity index (χ0) is 21.4. The second-order valence-corrected chi connectivity index (χ2v) is 6.92. The summed E-state index contributed by atoms with van der Waals surface area (Å²) in [6, 6.07) is 16.3. The number of phenols is 1. The molecule has 4 rings (SSSR count). The third-order valence-electron chi connectivity index (χ3n) is 5.08. The van der Waals surface area contributed by atoms with E-state index in [1.165, 1.54) is 25.2 Å². The molecule has 3 aromatic carbocycles. The minimum atomic E-state index is -0.464. The van der Waals surface area contributed by atoms with Gasteiger partial charge in [0.1, 0.15) is 11.5 Å². The number of phenolic OH excluding ortho intramolecular Hbond substituents is 1. The number of aromatic hydroxyl groups is 1. The highest BCUT2D eigenvalue weighted by atomic mass is 16.5. The topological polar surface area (TPSA) is 83.9 Å². The van der Waals surface area contributed by atoms with Crippen molar-refractivity contribution in [3.8, 4) is 22.6 Å². The van der Waals surface area contributed by atoms with E-state index < -0.39 is 17.6 Å². The van der Waals surface area contributed by atoms with E-state index in [9.17, 15) is 19.5 Å². The Morgan fingerprint density at radius 1 is 0.967 bits per heavy atom. The summed E-state index contributed by atoms with van der Waals surface area (Å²) in [5, 5.41) is 10.1. The van der Waals surface area contributed by atoms with Gasteiger partial charge in [0.25, 0.3) is 11.8 Å². The van der Waals surface area contributed by atoms with Crippen molar-refractivity contribution in [2.75, 3.05) is 13.7 Å². The van der Waals surface area contributed by atoms with Gasteiger partial charge >= 0.3 is 0 Å². The van der Waals surface area contributed by atoms with E-state index in [0.717, 1.165) is 4.90 Å². The van der Waals surface area contributed by atoms with Crippen LogP contribution in [0.15, 0.2) is 60.7 Å². The van der Waals surface area contributed by atoms with Crippen molar-refractivity contribution < 1.29 is 24.2 Å². The van der Waals surface area contributed by atoms with Crippen molar-refractivity contribution in [3.05, 3.63) is 82.9 Å². The first-order valence-electron chi connectivity index (χ1n) is 9.48. The Morgan fingerprint density at radius 2 is 1.63 bits per heavy atom. The molecule has 0 atom stereocenters. The van der Waals surface area contributed by atoms with Crippen LogP contribution in [0.25, 0.3) is 11.1 Å². The van der Waals surface area contributed by atoms with Gasteiger partial charge in [-0.05, 0) is 54.4 Å². The summed E-state index contributed by atoms with van der Waals surface area (Å²) in [4.78, 5) is 39.5. The van der Waals surface area contributed by atoms with Crippen LogP contribution in [0.3, 0.4) is 0 Å². The van der Waals surface area contributed by atoms with Gasteiger partial charge in [0.2, 0.25) is 0 Å². The van der Waals surface area contributed by atoms with E-state index in [1.807, 2.05) is 6.92 Å². The van der Waals surface area contributed by atoms with E-state index >= 15 is 0 Å². The van der Waals surface area contributed by atoms with Crippen molar-refractivity contribution >= 4 is 17.6 Å². The summed E-state index contributed by atoms with van der Waals surface area (Å²) in [6.07, 6.45) is 0. The number of fused-ring (bicyclic) bond motifs is 1. The molecule has 0 fully saturated rings. The molecule has 1 aliphatic rings. The van der Waals surface area contributed by atoms with Gasteiger partial charge in [-0.3, -0.25) is 19.3 Å². The van der Waals surface area contributed by atoms with Gasteiger partial charge in [-0.15, -0.1) is 0 Å². The monoisotopic (exact) mass is 401 g/mol. The molecule has 1 N–H and O–H groups in total. The first-order valence-corrected chi connectivity index (χ1v) is 9.48. The molecule has 0 aromatic heterocycles. The third-order valence-corrected chi connectivity index (χ3v) is 5.08. The van der Waals surface area contributed by atoms with Gasteiger partial charge in [0, 0.05) is 12.6 Å². The zero-order valence-electron chi connectivity index (χ0n) is 16.5. The fraction of sp³-hybridized carbons (Fsp3) is 0.125. The Balaban J connectivity index is 1.90. The molecule has 1 aliphatic heterocycles. The fourth-order valence-electron chi connectivity index (χ4n) is 3.56. The number of imide groups is 1. The minimum Gasteiger partial charge on any atom is -0.507 e. The summed E-state index contributed by atoms with van der Waals surface area (Å²) >= 11 is 0. The highest BCUT2D eigenvalue weighted by Gasteiger charge is 2.36. The normalized spacial score (nSPS) is 12.8. The van der Waals surface area contributed by atoms with Crippen molar-refractivity contribution in [3.63, 3.8) is 0 Å². The van der Waals surface area contributed by atoms with Crippen LogP contribution in [-0.2, 0) is 0 Å². The first kappa shape index (κ1) is 19.4. The van der Waals surface area contributed by atoms with Crippen molar-refractivity contribution in [2.24, 2.45) is 0 Å². The smallest absolute Gasteiger partial charge is 0.261 e. The van der Waals surface area contributed by atoms with Crippen LogP contribution in [-0.4, -0.2) is 41.3 Å². The molecule has 0 bridgehead atoms. The average molecular weight is 401 g/mol. The summed E-state index contributed by atoms with van der Waals surface area (Å²) < 4.78 is 5.47. The van der Waals surface area contributed by atoms with Crippen molar-refractivity contribution in [1.82, 2.24) is 4.90 Å². The quantitative estimate of drug-likeness (QED) is 0.518. The fourth-order valence-corrected chi connectivity index (χ4v) is 3.56. The molecule has 0 unspecified atom stereocenters. The predicted molar refractivity (Wildman–Crippen MR) is 111 cm³/mol. The zero-order valence-corrected chi connectivity index (χ0v) is 16.5. The lowest BCUT2D eigenvalue weighted by Crippen LogP contribution is -2.24. The van der Waals surface area contributed by atoms with Crippen molar-refractivity contribution in [2.45, 2.75) is 6.92 Å². The molecule has 3 aromatic rings. The summed E-state index contributed by atoms with van der Waals surface area (Å²) in [6.45, 7) is 2.41. The van der Waals surface area contributed by atoms with Gasteiger partial charge in [-0.1, -0.05) is 24.3 Å². The maximum absolute atomic E-state index is 13.1. The van der Waals surface area contributed by atoms with Gasteiger partial charge in [0.15, 0.2) is 5.78 Å². The number of hydrogen-bond acceptors (Lipinski definition) is 5. The first-order chi connectivity index (χ1) is 14.4. The van der Waals surface area contributed by atoms with Crippen LogP contribution in [0, 0.1) is 0 Å². The molecule has 0 saturated carbocycles. The molecule has 6 nitrogen and oxygen atoms in total. The molecule has 2 amide bonds. The Morgan fingerprint density at radius 3 is 2.30 bits per heavy atom. The SMILES string of the molecule is CCOc1ccc(-c2cc(C(=O)c3ccccc3O)cc3c2C(=O)N(C)C3=O)cc1. The second kappa shape index (κ2) is 7.48. The molecular weight excluding hydrogens is 382 g/mol. The number of nitrogens with zero attached hydrogens (tertiary/aromatic N) is 1. The Kier molecular flexibility index (Phi) is 4.83. The number of rotatable bonds is 5. The maximum atomic E-state index is 13.1. The number of para-hydroxylation sites is 1. The van der Waals surface area contributed by atoms with Gasteiger partial charge in [-0.2, -0.15) is 0 Å². The van der Waals surface area contributed by atoms with Crippen molar-refractivity contribution in [1.29, 1.82) is 0 Å². The number of amides is 2. The minimum absolute atomic E-state index is 0.125. The molecule has 0 spiro atoms. The van der Waals surface area contributed by atoms with E-state index in [-0.39, 0.29) is 28.0 Å². The molecule has 0 saturated heterocycles. The van der Waals surface area contributed by atoms with Gasteiger partial charge in [-0.25, -0.2) is 0 Å². The largest absolute Gasteiger partial charge is 0.507 e. The van der Waals surface area contributed by atoms with Crippen LogP contribution in [0.1, 0.15) is 43.6 Å². The number of carbonyl (C=O) groups excluding carboxylic acids is 3. The van der Waals surface area contributed by atoms with Crippen LogP contribution < -0.4 is 4.74 Å². The summed E-state index contributed by atoms with van der Waals surface area (Å²) in [5.41, 5.74) is 1.94. The highest BCUT2D eigenvalue weighted by Crippen LogP contribution is 2.35. The van der Waals surface area contributed by atoms with E-state index in [0.29, 0.717) is 23.5 Å². The van der Waals surface area contributed by atoms with E-state index in [4.69, 9.17) is 4.74 Å². The number of hydrogen-bond donors (Lipinski definition) is 1. The maximum Gasteiger partial charge on any atom is 0.261 e. The lowest BCUT2D eigenvalue weighted by atomic mass is 9.91. The predicted octanol–water partition coefficient (Wildman–Crippen LogP) is 3.91. The number of ketones is 1. The lowest BCUT2D eigenvalue weighted by Gasteiger charge is -2.11. The molecule has 0 radical (unpaired) electrons. The third kappa shape index (κ3) is 3.12. The van der Waals surface area contributed by atoms with Gasteiger partial charge in [0.05, 0.1) is 23.3 Å². The average Bonchev–Trinajstić information content (AvgIpc) is 2.98. The Hall–Kier alpha value is -3.93. The molecule has 1 heterocycles. The van der Waals surface area contributed by atoms with Crippen LogP contribution in [0.5, 0.6) is 11.5 Å². The van der Waals surface area contributed by atoms with Gasteiger partial charge < -0.3 is 9.84 Å². The molecule has 6 heteroatoms. The number of benzene rings is 3.